The van der Waals surface area contributed by atoms with E-state index in [0.29, 0.717) is 12.2 Å². The molecule has 0 atom stereocenters. The summed E-state index contributed by atoms with van der Waals surface area (Å²) in [6, 6.07) is 1.65. The van der Waals surface area contributed by atoms with E-state index in [4.69, 9.17) is 5.11 Å². The van der Waals surface area contributed by atoms with Crippen LogP contribution < -0.4 is 0 Å². The molecule has 82 valence electrons. The summed E-state index contributed by atoms with van der Waals surface area (Å²) in [5, 5.41) is 15.5. The molecule has 0 saturated heterocycles. The fourth-order valence-electron chi connectivity index (χ4n) is 1.70. The van der Waals surface area contributed by atoms with Crippen LogP contribution in [0.25, 0.3) is 0 Å². The van der Waals surface area contributed by atoms with Crippen LogP contribution in [0.15, 0.2) is 12.3 Å². The summed E-state index contributed by atoms with van der Waals surface area (Å²) in [6.45, 7) is 0.773. The third kappa shape index (κ3) is 2.02. The van der Waals surface area contributed by atoms with Gasteiger partial charge in [0.2, 0.25) is 0 Å². The van der Waals surface area contributed by atoms with Crippen LogP contribution in [0.4, 0.5) is 0 Å². The summed E-state index contributed by atoms with van der Waals surface area (Å²) < 4.78 is 0. The van der Waals surface area contributed by atoms with Gasteiger partial charge in [0.1, 0.15) is 5.69 Å². The van der Waals surface area contributed by atoms with Gasteiger partial charge in [-0.15, -0.1) is 0 Å². The fourth-order valence-corrected chi connectivity index (χ4v) is 1.70. The van der Waals surface area contributed by atoms with Gasteiger partial charge in [-0.25, -0.2) is 0 Å². The van der Waals surface area contributed by atoms with Gasteiger partial charge in [-0.3, -0.25) is 9.89 Å². The summed E-state index contributed by atoms with van der Waals surface area (Å²) >= 11 is 0. The van der Waals surface area contributed by atoms with E-state index in [1.54, 1.807) is 24.2 Å². The Labute approximate surface area is 88.1 Å². The number of rotatable bonds is 4. The van der Waals surface area contributed by atoms with Crippen LogP contribution >= 0.6 is 0 Å². The molecular formula is C10H15N3O2. The normalized spacial score (nSPS) is 17.5. The predicted molar refractivity (Wildman–Crippen MR) is 54.3 cm³/mol. The summed E-state index contributed by atoms with van der Waals surface area (Å²) in [7, 11) is 1.75. The van der Waals surface area contributed by atoms with Crippen LogP contribution in [0.3, 0.4) is 0 Å². The molecule has 1 heterocycles. The second-order valence-electron chi connectivity index (χ2n) is 4.29. The van der Waals surface area contributed by atoms with Crippen molar-refractivity contribution in [2.45, 2.75) is 12.8 Å². The highest BCUT2D eigenvalue weighted by Crippen LogP contribution is 2.45. The van der Waals surface area contributed by atoms with E-state index >= 15 is 0 Å². The van der Waals surface area contributed by atoms with E-state index in [1.807, 2.05) is 0 Å². The van der Waals surface area contributed by atoms with Crippen molar-refractivity contribution in [1.82, 2.24) is 15.1 Å². The molecule has 0 unspecified atom stereocenters. The summed E-state index contributed by atoms with van der Waals surface area (Å²) in [6.07, 6.45) is 3.56. The van der Waals surface area contributed by atoms with Crippen LogP contribution in [-0.2, 0) is 0 Å². The molecule has 5 nitrogen and oxygen atoms in total. The topological polar surface area (TPSA) is 69.2 Å². The van der Waals surface area contributed by atoms with Crippen LogP contribution in [0, 0.1) is 5.41 Å². The minimum atomic E-state index is -0.0766. The zero-order valence-corrected chi connectivity index (χ0v) is 8.73. The molecule has 1 aliphatic rings. The van der Waals surface area contributed by atoms with Gasteiger partial charge in [0, 0.05) is 25.2 Å². The molecule has 1 aliphatic carbocycles. The lowest BCUT2D eigenvalue weighted by Gasteiger charge is -2.21. The van der Waals surface area contributed by atoms with Gasteiger partial charge in [-0.2, -0.15) is 5.10 Å². The Morgan fingerprint density at radius 3 is 2.93 bits per heavy atom. The Kier molecular flexibility index (Phi) is 2.48. The zero-order chi connectivity index (χ0) is 10.9. The molecular weight excluding hydrogens is 194 g/mol. The highest BCUT2D eigenvalue weighted by Gasteiger charge is 2.43. The SMILES string of the molecule is CN(CC1(CO)CC1)C(=O)c1ccn[nH]1. The van der Waals surface area contributed by atoms with Gasteiger partial charge in [-0.05, 0) is 18.9 Å². The molecule has 1 saturated carbocycles. The standard InChI is InChI=1S/C10H15N3O2/c1-13(6-10(7-14)3-4-10)9(15)8-2-5-11-12-8/h2,5,14H,3-4,6-7H2,1H3,(H,11,12). The first-order chi connectivity index (χ1) is 7.17. The Balaban J connectivity index is 1.97. The maximum atomic E-state index is 11.8. The van der Waals surface area contributed by atoms with E-state index < -0.39 is 0 Å². The number of H-pyrrole nitrogens is 1. The first kappa shape index (κ1) is 10.2. The van der Waals surface area contributed by atoms with Gasteiger partial charge in [0.15, 0.2) is 0 Å². The van der Waals surface area contributed by atoms with Gasteiger partial charge in [0.25, 0.3) is 5.91 Å². The van der Waals surface area contributed by atoms with Crippen LogP contribution in [0.2, 0.25) is 0 Å². The highest BCUT2D eigenvalue weighted by atomic mass is 16.3. The second kappa shape index (κ2) is 3.66. The van der Waals surface area contributed by atoms with Crippen molar-refractivity contribution in [1.29, 1.82) is 0 Å². The lowest BCUT2D eigenvalue weighted by molar-refractivity contribution is 0.0728. The number of hydrogen-bond donors (Lipinski definition) is 2. The van der Waals surface area contributed by atoms with Crippen LogP contribution in [-0.4, -0.2) is 46.3 Å². The first-order valence-electron chi connectivity index (χ1n) is 5.03. The monoisotopic (exact) mass is 209 g/mol. The average molecular weight is 209 g/mol. The predicted octanol–water partition coefficient (Wildman–Crippen LogP) is 0.254. The summed E-state index contributed by atoms with van der Waals surface area (Å²) in [5.74, 6) is -0.0766. The molecule has 1 aromatic rings. The first-order valence-corrected chi connectivity index (χ1v) is 5.03. The second-order valence-corrected chi connectivity index (χ2v) is 4.29. The largest absolute Gasteiger partial charge is 0.396 e. The van der Waals surface area contributed by atoms with Crippen molar-refractivity contribution in [3.05, 3.63) is 18.0 Å². The molecule has 0 radical (unpaired) electrons. The van der Waals surface area contributed by atoms with Gasteiger partial charge >= 0.3 is 0 Å². The third-order valence-corrected chi connectivity index (χ3v) is 2.94. The quantitative estimate of drug-likeness (QED) is 0.747. The number of nitrogens with one attached hydrogen (secondary N) is 1. The maximum Gasteiger partial charge on any atom is 0.271 e. The van der Waals surface area contributed by atoms with Crippen molar-refractivity contribution in [3.63, 3.8) is 0 Å². The average Bonchev–Trinajstić information content (AvgIpc) is 2.81. The molecule has 0 aromatic carbocycles. The Morgan fingerprint density at radius 2 is 2.47 bits per heavy atom. The molecule has 1 fully saturated rings. The highest BCUT2D eigenvalue weighted by molar-refractivity contribution is 5.92. The Hall–Kier alpha value is -1.36. The third-order valence-electron chi connectivity index (χ3n) is 2.94. The molecule has 1 aromatic heterocycles. The Morgan fingerprint density at radius 1 is 1.73 bits per heavy atom. The minimum absolute atomic E-state index is 0.0373. The van der Waals surface area contributed by atoms with Crippen molar-refractivity contribution >= 4 is 5.91 Å². The number of aromatic amines is 1. The number of aliphatic hydroxyl groups excluding tert-OH is 1. The maximum absolute atomic E-state index is 11.8. The summed E-state index contributed by atoms with van der Waals surface area (Å²) in [5.41, 5.74) is 0.455. The van der Waals surface area contributed by atoms with E-state index in [2.05, 4.69) is 10.2 Å². The van der Waals surface area contributed by atoms with Crippen molar-refractivity contribution < 1.29 is 9.90 Å². The van der Waals surface area contributed by atoms with Crippen molar-refractivity contribution in [3.8, 4) is 0 Å². The van der Waals surface area contributed by atoms with Crippen LogP contribution in [0.1, 0.15) is 23.3 Å². The number of aliphatic hydroxyl groups is 1. The number of carbonyl (C=O) groups excluding carboxylic acids is 1. The molecule has 2 rings (SSSR count). The van der Waals surface area contributed by atoms with Gasteiger partial charge in [-0.1, -0.05) is 0 Å². The lowest BCUT2D eigenvalue weighted by atomic mass is 10.1. The molecule has 1 amide bonds. The number of hydrogen-bond acceptors (Lipinski definition) is 3. The van der Waals surface area contributed by atoms with E-state index in [-0.39, 0.29) is 17.9 Å². The number of carbonyl (C=O) groups is 1. The van der Waals surface area contributed by atoms with Gasteiger partial charge < -0.3 is 10.0 Å². The number of nitrogens with zero attached hydrogens (tertiary/aromatic N) is 2. The zero-order valence-electron chi connectivity index (χ0n) is 8.73. The number of aromatic nitrogens is 2. The number of amides is 1. The van der Waals surface area contributed by atoms with Gasteiger partial charge in [0.05, 0.1) is 6.61 Å². The van der Waals surface area contributed by atoms with Crippen molar-refractivity contribution in [2.24, 2.45) is 5.41 Å². The molecule has 0 aliphatic heterocycles. The van der Waals surface area contributed by atoms with Crippen LogP contribution in [0.5, 0.6) is 0 Å². The summed E-state index contributed by atoms with van der Waals surface area (Å²) in [4.78, 5) is 13.4. The van der Waals surface area contributed by atoms with Crippen molar-refractivity contribution in [2.75, 3.05) is 20.2 Å². The molecule has 15 heavy (non-hydrogen) atoms. The van der Waals surface area contributed by atoms with E-state index in [1.165, 1.54) is 0 Å². The molecule has 5 heteroatoms. The molecule has 0 bridgehead atoms. The molecule has 0 spiro atoms. The fraction of sp³-hybridized carbons (Fsp3) is 0.600. The molecule has 2 N–H and O–H groups in total. The minimum Gasteiger partial charge on any atom is -0.396 e. The lowest BCUT2D eigenvalue weighted by Crippen LogP contribution is -2.34. The van der Waals surface area contributed by atoms with E-state index in [9.17, 15) is 4.79 Å². The smallest absolute Gasteiger partial charge is 0.271 e. The Bertz CT molecular complexity index is 344. The van der Waals surface area contributed by atoms with E-state index in [0.717, 1.165) is 12.8 Å².